The van der Waals surface area contributed by atoms with Gasteiger partial charge < -0.3 is 7.58 Å². The van der Waals surface area contributed by atoms with Crippen LogP contribution in [0.1, 0.15) is 0 Å². The van der Waals surface area contributed by atoms with Crippen LogP contribution in [0.4, 0.5) is 79.0 Å². The van der Waals surface area contributed by atoms with Crippen LogP contribution >= 0.6 is 0 Å². The fourth-order valence-electron chi connectivity index (χ4n) is 1.53. The second-order valence-electron chi connectivity index (χ2n) is 4.68. The van der Waals surface area contributed by atoms with Gasteiger partial charge in [0.15, 0.2) is 0 Å². The maximum atomic E-state index is 12.4. The average Bonchev–Trinajstić information content (AvgIpc) is 2.27. The number of rotatable bonds is 4. The molecule has 0 saturated carbocycles. The Morgan fingerprint density at radius 3 is 0.567 bits per heavy atom. The van der Waals surface area contributed by atoms with E-state index in [1.807, 2.05) is 0 Å². The van der Waals surface area contributed by atoms with Gasteiger partial charge in [-0.15, -0.1) is 0 Å². The second-order valence-corrected chi connectivity index (χ2v) is 5.34. The molecule has 0 aromatic carbocycles. The quantitative estimate of drug-likeness (QED) is 0.396. The molecule has 0 aliphatic carbocycles. The van der Waals surface area contributed by atoms with Crippen molar-refractivity contribution in [1.29, 1.82) is 0 Å². The fourth-order valence-corrected chi connectivity index (χ4v) is 2.67. The first-order valence-corrected chi connectivity index (χ1v) is 6.72. The standard InChI is InChI=1S/2C4F9O.Al.Li/c2*5-2(6,7)1(14,3(8,9)10)4(11,12)13;;/q2*-1;+2;. The van der Waals surface area contributed by atoms with Gasteiger partial charge in [0.25, 0.3) is 0 Å². The molecule has 0 saturated heterocycles. The zero-order chi connectivity index (χ0) is 24.1. The van der Waals surface area contributed by atoms with Crippen molar-refractivity contribution in [2.24, 2.45) is 0 Å². The normalized spacial score (nSPS) is 15.7. The molecule has 0 aromatic heterocycles. The Morgan fingerprint density at radius 2 is 0.467 bits per heavy atom. The summed E-state index contributed by atoms with van der Waals surface area (Å²) in [7, 11) is 0. The first kappa shape index (κ1) is 32.0. The van der Waals surface area contributed by atoms with E-state index >= 15 is 0 Å². The molecular formula is C8AlF18LiO2. The Balaban J connectivity index is 0. The van der Waals surface area contributed by atoms with Crippen molar-refractivity contribution in [2.75, 3.05) is 0 Å². The van der Waals surface area contributed by atoms with Crippen molar-refractivity contribution < 1.29 is 86.6 Å². The first-order valence-electron chi connectivity index (χ1n) is 5.78. The van der Waals surface area contributed by atoms with Crippen LogP contribution in [-0.2, 0) is 7.58 Å². The Hall–Kier alpha value is -0.210. The monoisotopic (exact) mass is 504 g/mol. The molecule has 0 aliphatic rings. The van der Waals surface area contributed by atoms with E-state index < -0.39 is 64.1 Å². The molecule has 0 fully saturated rings. The van der Waals surface area contributed by atoms with E-state index in [2.05, 4.69) is 7.58 Å². The van der Waals surface area contributed by atoms with E-state index in [4.69, 9.17) is 0 Å². The molecule has 2 radical (unpaired) electrons. The predicted octanol–water partition coefficient (Wildman–Crippen LogP) is 5.02. The zero-order valence-electron chi connectivity index (χ0n) is 13.2. The molecule has 0 aromatic rings. The Kier molecular flexibility index (Phi) is 9.19. The number of hydrogen-bond donors (Lipinski definition) is 0. The molecule has 174 valence electrons. The van der Waals surface area contributed by atoms with Crippen LogP contribution in [0.2, 0.25) is 0 Å². The molecule has 0 heterocycles. The van der Waals surface area contributed by atoms with Crippen molar-refractivity contribution >= 4 is 34.7 Å². The van der Waals surface area contributed by atoms with E-state index in [0.717, 1.165) is 0 Å². The molecule has 0 unspecified atom stereocenters. The summed E-state index contributed by atoms with van der Waals surface area (Å²) >= 11 is -4.97. The minimum absolute atomic E-state index is 0. The summed E-state index contributed by atoms with van der Waals surface area (Å²) in [5.74, 6) is 0. The molecule has 30 heavy (non-hydrogen) atoms. The molecule has 0 bridgehead atoms. The van der Waals surface area contributed by atoms with Crippen molar-refractivity contribution in [3.63, 3.8) is 0 Å². The zero-order valence-corrected chi connectivity index (χ0v) is 14.4. The summed E-state index contributed by atoms with van der Waals surface area (Å²) in [5, 5.41) is 0. The summed E-state index contributed by atoms with van der Waals surface area (Å²) in [4.78, 5) is 0. The van der Waals surface area contributed by atoms with E-state index in [0.29, 0.717) is 0 Å². The van der Waals surface area contributed by atoms with E-state index in [-0.39, 0.29) is 18.9 Å². The molecule has 2 nitrogen and oxygen atoms in total. The van der Waals surface area contributed by atoms with Crippen LogP contribution in [0.15, 0.2) is 0 Å². The maximum Gasteiger partial charge on any atom is 0.670 e. The number of alkyl halides is 18. The van der Waals surface area contributed by atoms with Gasteiger partial charge in [-0.2, -0.15) is 79.0 Å². The largest absolute Gasteiger partial charge is 0.670 e. The summed E-state index contributed by atoms with van der Waals surface area (Å²) < 4.78 is 228. The molecule has 0 amide bonds. The number of halogens is 18. The van der Waals surface area contributed by atoms with Crippen molar-refractivity contribution in [3.8, 4) is 0 Å². The number of hydrogen-bond acceptors (Lipinski definition) is 2. The summed E-state index contributed by atoms with van der Waals surface area (Å²) in [5.41, 5.74) is -14.9. The van der Waals surface area contributed by atoms with Gasteiger partial charge in [-0.1, -0.05) is 0 Å². The van der Waals surface area contributed by atoms with Crippen LogP contribution in [-0.4, -0.2) is 83.0 Å². The summed E-state index contributed by atoms with van der Waals surface area (Å²) in [6.45, 7) is 0. The first-order chi connectivity index (χ1) is 12.2. The third-order valence-electron chi connectivity index (χ3n) is 2.84. The minimum atomic E-state index is -7.63. The Labute approximate surface area is 170 Å². The van der Waals surface area contributed by atoms with Gasteiger partial charge in [0.2, 0.25) is 0 Å². The van der Waals surface area contributed by atoms with Crippen molar-refractivity contribution in [1.82, 2.24) is 0 Å². The van der Waals surface area contributed by atoms with Gasteiger partial charge in [0.1, 0.15) is 0 Å². The molecule has 0 rings (SSSR count). The van der Waals surface area contributed by atoms with Gasteiger partial charge in [0.05, 0.1) is 0 Å². The third-order valence-corrected chi connectivity index (χ3v) is 3.74. The second kappa shape index (κ2) is 8.62. The molecule has 0 spiro atoms. The average molecular weight is 504 g/mol. The van der Waals surface area contributed by atoms with Crippen LogP contribution in [0.5, 0.6) is 0 Å². The van der Waals surface area contributed by atoms with Gasteiger partial charge in [-0.25, -0.2) is 0 Å². The maximum absolute atomic E-state index is 12.4. The topological polar surface area (TPSA) is 18.5 Å². The van der Waals surface area contributed by atoms with Crippen LogP contribution in [0.3, 0.4) is 0 Å². The van der Waals surface area contributed by atoms with E-state index in [9.17, 15) is 79.0 Å². The van der Waals surface area contributed by atoms with Gasteiger partial charge in [0, 0.05) is 18.9 Å². The molecular weight excluding hydrogens is 504 g/mol. The fraction of sp³-hybridized carbons (Fsp3) is 1.00. The van der Waals surface area contributed by atoms with Gasteiger partial charge in [-0.3, -0.25) is 0 Å². The summed E-state index contributed by atoms with van der Waals surface area (Å²) in [6, 6.07) is 0. The SMILES string of the molecule is FC(F)(F)C([O][Al][O]C(C(F)(F)F)(C(F)(F)F)C(F)(F)F)(C(F)(F)F)C(F)(F)F.[Li]. The van der Waals surface area contributed by atoms with Gasteiger partial charge in [-0.05, 0) is 0 Å². The van der Waals surface area contributed by atoms with E-state index in [1.54, 1.807) is 0 Å². The Morgan fingerprint density at radius 1 is 0.333 bits per heavy atom. The molecule has 0 atom stereocenters. The van der Waals surface area contributed by atoms with Gasteiger partial charge >= 0.3 is 64.1 Å². The molecule has 0 aliphatic heterocycles. The predicted molar refractivity (Wildman–Crippen MR) is 55.5 cm³/mol. The van der Waals surface area contributed by atoms with Crippen LogP contribution < -0.4 is 0 Å². The van der Waals surface area contributed by atoms with Crippen molar-refractivity contribution in [2.45, 2.75) is 48.3 Å². The third kappa shape index (κ3) is 5.22. The smallest absolute Gasteiger partial charge is 0.458 e. The molecule has 22 heteroatoms. The van der Waals surface area contributed by atoms with Crippen LogP contribution in [0.25, 0.3) is 0 Å². The van der Waals surface area contributed by atoms with E-state index in [1.165, 1.54) is 0 Å². The van der Waals surface area contributed by atoms with Crippen LogP contribution in [0, 0.1) is 0 Å². The van der Waals surface area contributed by atoms with Crippen molar-refractivity contribution in [3.05, 3.63) is 0 Å². The Bertz CT molecular complexity index is 442. The molecule has 0 N–H and O–H groups in total. The minimum Gasteiger partial charge on any atom is -0.458 e. The summed E-state index contributed by atoms with van der Waals surface area (Å²) in [6.07, 6.45) is -45.8.